The van der Waals surface area contributed by atoms with Gasteiger partial charge in [-0.25, -0.2) is 4.79 Å². The van der Waals surface area contributed by atoms with Crippen LogP contribution in [0.25, 0.3) is 6.08 Å². The Morgan fingerprint density at radius 2 is 1.24 bits per heavy atom. The van der Waals surface area contributed by atoms with E-state index in [0.717, 1.165) is 16.7 Å². The van der Waals surface area contributed by atoms with Gasteiger partial charge in [-0.1, -0.05) is 91.0 Å². The molecule has 0 aromatic heterocycles. The van der Waals surface area contributed by atoms with Gasteiger partial charge in [0.05, 0.1) is 12.1 Å². The summed E-state index contributed by atoms with van der Waals surface area (Å²) in [6, 6.07) is 28.2. The molecular formula is C25H22N2O2. The molecule has 1 aliphatic rings. The van der Waals surface area contributed by atoms with Crippen molar-refractivity contribution in [2.75, 3.05) is 7.05 Å². The molecule has 0 N–H and O–H groups in total. The average molecular weight is 382 g/mol. The quantitative estimate of drug-likeness (QED) is 0.591. The Kier molecular flexibility index (Phi) is 5.25. The monoisotopic (exact) mass is 382 g/mol. The van der Waals surface area contributed by atoms with E-state index in [4.69, 9.17) is 0 Å². The van der Waals surface area contributed by atoms with Crippen LogP contribution in [0.1, 0.15) is 28.8 Å². The van der Waals surface area contributed by atoms with Crippen molar-refractivity contribution in [2.45, 2.75) is 12.1 Å². The standard InChI is InChI=1S/C25H22N2O2/c1-26-23(20-13-7-3-8-14-20)24(21-15-9-4-10-16-21)27(25(26)29)22(28)18-17-19-11-5-2-6-12-19/h2-18,23-24H,1H3/t23-,24-/m0/s1. The Balaban J connectivity index is 1.74. The second kappa shape index (κ2) is 8.15. The van der Waals surface area contributed by atoms with Gasteiger partial charge in [-0.05, 0) is 22.8 Å². The number of benzene rings is 3. The maximum atomic E-state index is 13.1. The maximum Gasteiger partial charge on any atom is 0.327 e. The molecule has 4 rings (SSSR count). The number of likely N-dealkylation sites (N-methyl/N-ethyl adjacent to an activating group) is 1. The molecule has 1 aliphatic heterocycles. The van der Waals surface area contributed by atoms with Crippen LogP contribution < -0.4 is 0 Å². The van der Waals surface area contributed by atoms with Gasteiger partial charge in [0, 0.05) is 13.1 Å². The van der Waals surface area contributed by atoms with Gasteiger partial charge in [0.15, 0.2) is 0 Å². The Morgan fingerprint density at radius 1 is 0.759 bits per heavy atom. The van der Waals surface area contributed by atoms with Crippen LogP contribution in [0.15, 0.2) is 97.1 Å². The molecule has 144 valence electrons. The van der Waals surface area contributed by atoms with Crippen LogP contribution in [-0.4, -0.2) is 28.8 Å². The average Bonchev–Trinajstić information content (AvgIpc) is 3.05. The molecule has 0 saturated carbocycles. The Bertz CT molecular complexity index is 1020. The summed E-state index contributed by atoms with van der Waals surface area (Å²) in [5, 5.41) is 0. The normalized spacial score (nSPS) is 19.1. The number of carbonyl (C=O) groups excluding carboxylic acids is 2. The van der Waals surface area contributed by atoms with Crippen molar-refractivity contribution in [3.63, 3.8) is 0 Å². The second-order valence-corrected chi connectivity index (χ2v) is 7.06. The number of hydrogen-bond donors (Lipinski definition) is 0. The highest BCUT2D eigenvalue weighted by Crippen LogP contribution is 2.44. The molecule has 3 amide bonds. The lowest BCUT2D eigenvalue weighted by molar-refractivity contribution is -0.124. The van der Waals surface area contributed by atoms with E-state index in [2.05, 4.69) is 0 Å². The van der Waals surface area contributed by atoms with E-state index in [9.17, 15) is 9.59 Å². The lowest BCUT2D eigenvalue weighted by atomic mass is 9.93. The van der Waals surface area contributed by atoms with E-state index in [1.54, 1.807) is 18.0 Å². The number of carbonyl (C=O) groups is 2. The van der Waals surface area contributed by atoms with E-state index in [1.165, 1.54) is 11.0 Å². The zero-order valence-corrected chi connectivity index (χ0v) is 16.2. The molecule has 0 bridgehead atoms. The van der Waals surface area contributed by atoms with E-state index < -0.39 is 6.04 Å². The number of imide groups is 1. The predicted octanol–water partition coefficient (Wildman–Crippen LogP) is 5.08. The molecular weight excluding hydrogens is 360 g/mol. The van der Waals surface area contributed by atoms with Crippen molar-refractivity contribution < 1.29 is 9.59 Å². The minimum absolute atomic E-state index is 0.250. The number of hydrogen-bond acceptors (Lipinski definition) is 2. The van der Waals surface area contributed by atoms with E-state index in [1.807, 2.05) is 91.0 Å². The zero-order valence-electron chi connectivity index (χ0n) is 16.2. The third-order valence-corrected chi connectivity index (χ3v) is 5.24. The topological polar surface area (TPSA) is 40.6 Å². The molecule has 29 heavy (non-hydrogen) atoms. The van der Waals surface area contributed by atoms with Crippen molar-refractivity contribution in [1.82, 2.24) is 9.80 Å². The first-order valence-electron chi connectivity index (χ1n) is 9.60. The number of rotatable bonds is 4. The minimum atomic E-state index is -0.399. The van der Waals surface area contributed by atoms with Crippen molar-refractivity contribution in [3.05, 3.63) is 114 Å². The van der Waals surface area contributed by atoms with Gasteiger partial charge >= 0.3 is 6.03 Å². The maximum absolute atomic E-state index is 13.1. The van der Waals surface area contributed by atoms with Crippen molar-refractivity contribution in [3.8, 4) is 0 Å². The summed E-state index contributed by atoms with van der Waals surface area (Å²) >= 11 is 0. The Hall–Kier alpha value is -3.66. The summed E-state index contributed by atoms with van der Waals surface area (Å²) in [6.45, 7) is 0. The van der Waals surface area contributed by atoms with Gasteiger partial charge in [-0.15, -0.1) is 0 Å². The van der Waals surface area contributed by atoms with Crippen LogP contribution in [0.5, 0.6) is 0 Å². The molecule has 1 fully saturated rings. The number of nitrogens with zero attached hydrogens (tertiary/aromatic N) is 2. The van der Waals surface area contributed by atoms with Crippen LogP contribution in [0.2, 0.25) is 0 Å². The highest BCUT2D eigenvalue weighted by atomic mass is 16.2. The summed E-state index contributed by atoms with van der Waals surface area (Å²) in [5.74, 6) is -0.321. The lowest BCUT2D eigenvalue weighted by Gasteiger charge is -2.26. The smallest absolute Gasteiger partial charge is 0.318 e. The third kappa shape index (κ3) is 3.69. The van der Waals surface area contributed by atoms with Crippen molar-refractivity contribution >= 4 is 18.0 Å². The summed E-state index contributed by atoms with van der Waals surface area (Å²) < 4.78 is 0. The first-order valence-corrected chi connectivity index (χ1v) is 9.60. The largest absolute Gasteiger partial charge is 0.327 e. The number of urea groups is 1. The highest BCUT2D eigenvalue weighted by molar-refractivity contribution is 6.04. The highest BCUT2D eigenvalue weighted by Gasteiger charge is 2.47. The SMILES string of the molecule is CN1C(=O)N(C(=O)C=Cc2ccccc2)[C@@H](c2ccccc2)[C@@H]1c1ccccc1. The fourth-order valence-electron chi connectivity index (χ4n) is 3.84. The fourth-order valence-corrected chi connectivity index (χ4v) is 3.84. The van der Waals surface area contributed by atoms with Gasteiger partial charge in [0.2, 0.25) is 0 Å². The van der Waals surface area contributed by atoms with Gasteiger partial charge < -0.3 is 4.90 Å². The summed E-state index contributed by atoms with van der Waals surface area (Å²) in [4.78, 5) is 29.3. The summed E-state index contributed by atoms with van der Waals surface area (Å²) in [6.07, 6.45) is 3.22. The van der Waals surface area contributed by atoms with E-state index in [0.29, 0.717) is 0 Å². The van der Waals surface area contributed by atoms with E-state index in [-0.39, 0.29) is 18.0 Å². The Labute approximate surface area is 170 Å². The van der Waals surface area contributed by atoms with Crippen LogP contribution in [0, 0.1) is 0 Å². The lowest BCUT2D eigenvalue weighted by Crippen LogP contribution is -2.35. The first-order chi connectivity index (χ1) is 14.2. The molecule has 0 spiro atoms. The molecule has 4 nitrogen and oxygen atoms in total. The molecule has 4 heteroatoms. The molecule has 3 aromatic rings. The van der Waals surface area contributed by atoms with Gasteiger partial charge in [0.25, 0.3) is 5.91 Å². The molecule has 3 aromatic carbocycles. The summed E-state index contributed by atoms with van der Waals surface area (Å²) in [7, 11) is 1.75. The van der Waals surface area contributed by atoms with Crippen LogP contribution in [0.4, 0.5) is 4.79 Å². The molecule has 1 heterocycles. The molecule has 2 atom stereocenters. The zero-order chi connectivity index (χ0) is 20.2. The van der Waals surface area contributed by atoms with Gasteiger partial charge in [-0.3, -0.25) is 9.69 Å². The van der Waals surface area contributed by atoms with Crippen LogP contribution in [0.3, 0.4) is 0 Å². The van der Waals surface area contributed by atoms with E-state index >= 15 is 0 Å². The second-order valence-electron chi connectivity index (χ2n) is 7.06. The van der Waals surface area contributed by atoms with Crippen LogP contribution in [-0.2, 0) is 4.79 Å². The molecule has 1 saturated heterocycles. The van der Waals surface area contributed by atoms with Gasteiger partial charge in [-0.2, -0.15) is 0 Å². The molecule has 0 aliphatic carbocycles. The third-order valence-electron chi connectivity index (χ3n) is 5.24. The summed E-state index contributed by atoms with van der Waals surface area (Å²) in [5.41, 5.74) is 2.84. The number of amides is 3. The van der Waals surface area contributed by atoms with Crippen molar-refractivity contribution in [1.29, 1.82) is 0 Å². The van der Waals surface area contributed by atoms with Crippen LogP contribution >= 0.6 is 0 Å². The minimum Gasteiger partial charge on any atom is -0.318 e. The predicted molar refractivity (Wildman–Crippen MR) is 114 cm³/mol. The molecule has 0 radical (unpaired) electrons. The first kappa shape index (κ1) is 18.7. The fraction of sp³-hybridized carbons (Fsp3) is 0.120. The molecule has 0 unspecified atom stereocenters. The Morgan fingerprint density at radius 3 is 1.79 bits per heavy atom. The van der Waals surface area contributed by atoms with Gasteiger partial charge in [0.1, 0.15) is 0 Å². The van der Waals surface area contributed by atoms with Crippen molar-refractivity contribution in [2.24, 2.45) is 0 Å².